The minimum absolute atomic E-state index is 0.160. The molecule has 1 saturated heterocycles. The van der Waals surface area contributed by atoms with Gasteiger partial charge in [0.2, 0.25) is 5.91 Å². The summed E-state index contributed by atoms with van der Waals surface area (Å²) in [4.78, 5) is 25.2. The number of rotatable bonds is 5. The van der Waals surface area contributed by atoms with Gasteiger partial charge in [-0.2, -0.15) is 0 Å². The van der Waals surface area contributed by atoms with Crippen molar-refractivity contribution in [3.63, 3.8) is 0 Å². The molecule has 1 unspecified atom stereocenters. The van der Waals surface area contributed by atoms with E-state index in [-0.39, 0.29) is 18.9 Å². The Morgan fingerprint density at radius 3 is 2.77 bits per heavy atom. The van der Waals surface area contributed by atoms with Crippen LogP contribution < -0.4 is 4.74 Å². The molecule has 0 spiro atoms. The molecule has 5 nitrogen and oxygen atoms in total. The lowest BCUT2D eigenvalue weighted by molar-refractivity contribution is -0.155. The number of carbonyl (C=O) groups is 2. The summed E-state index contributed by atoms with van der Waals surface area (Å²) in [6.07, 6.45) is 1.43. The average Bonchev–Trinajstić information content (AvgIpc) is 2.86. The molecular weight excluding hydrogens is 282 g/mol. The van der Waals surface area contributed by atoms with Crippen LogP contribution in [0, 0.1) is 13.8 Å². The molecule has 1 aromatic rings. The molecule has 22 heavy (non-hydrogen) atoms. The third-order valence-electron chi connectivity index (χ3n) is 4.32. The largest absolute Gasteiger partial charge is 0.493 e. The zero-order valence-corrected chi connectivity index (χ0v) is 13.4. The van der Waals surface area contributed by atoms with Crippen LogP contribution in [0.1, 0.15) is 37.3 Å². The fourth-order valence-electron chi connectivity index (χ4n) is 2.83. The van der Waals surface area contributed by atoms with Gasteiger partial charge in [0.15, 0.2) is 0 Å². The number of aliphatic carboxylic acids is 1. The average molecular weight is 305 g/mol. The molecule has 0 saturated carbocycles. The molecule has 1 aliphatic heterocycles. The molecule has 120 valence electrons. The van der Waals surface area contributed by atoms with E-state index in [2.05, 4.69) is 0 Å². The first-order valence-corrected chi connectivity index (χ1v) is 7.58. The molecule has 1 aromatic carbocycles. The number of carbonyl (C=O) groups excluding carboxylic acids is 1. The lowest BCUT2D eigenvalue weighted by atomic mass is 9.99. The zero-order chi connectivity index (χ0) is 16.3. The van der Waals surface area contributed by atoms with Crippen LogP contribution in [0.3, 0.4) is 0 Å². The highest BCUT2D eigenvalue weighted by molar-refractivity contribution is 5.87. The highest BCUT2D eigenvalue weighted by Gasteiger charge is 2.45. The summed E-state index contributed by atoms with van der Waals surface area (Å²) < 4.78 is 5.68. The van der Waals surface area contributed by atoms with Gasteiger partial charge in [-0.1, -0.05) is 12.1 Å². The van der Waals surface area contributed by atoms with Crippen LogP contribution in [-0.2, 0) is 9.59 Å². The number of nitrogens with zero attached hydrogens (tertiary/aromatic N) is 1. The molecule has 1 atom stereocenters. The molecule has 0 aromatic heterocycles. The summed E-state index contributed by atoms with van der Waals surface area (Å²) >= 11 is 0. The van der Waals surface area contributed by atoms with Gasteiger partial charge in [0.1, 0.15) is 11.3 Å². The van der Waals surface area contributed by atoms with Gasteiger partial charge in [0, 0.05) is 6.54 Å². The van der Waals surface area contributed by atoms with Crippen LogP contribution in [0.2, 0.25) is 0 Å². The van der Waals surface area contributed by atoms with Gasteiger partial charge < -0.3 is 14.7 Å². The third-order valence-corrected chi connectivity index (χ3v) is 4.32. The molecule has 5 heteroatoms. The highest BCUT2D eigenvalue weighted by atomic mass is 16.5. The van der Waals surface area contributed by atoms with Gasteiger partial charge in [-0.25, -0.2) is 4.79 Å². The number of hydrogen-bond acceptors (Lipinski definition) is 3. The number of carboxylic acid groups (broad SMARTS) is 1. The highest BCUT2D eigenvalue weighted by Crippen LogP contribution is 2.30. The first kappa shape index (κ1) is 16.3. The second kappa shape index (κ2) is 6.38. The molecule has 2 rings (SSSR count). The van der Waals surface area contributed by atoms with Gasteiger partial charge >= 0.3 is 5.97 Å². The minimum atomic E-state index is -1.07. The van der Waals surface area contributed by atoms with Gasteiger partial charge in [-0.15, -0.1) is 0 Å². The second-order valence-electron chi connectivity index (χ2n) is 6.10. The number of hydrogen-bond donors (Lipinski definition) is 1. The number of carboxylic acids is 1. The Kier molecular flexibility index (Phi) is 4.74. The maximum Gasteiger partial charge on any atom is 0.329 e. The Balaban J connectivity index is 1.93. The first-order valence-electron chi connectivity index (χ1n) is 7.58. The molecule has 1 amide bonds. The van der Waals surface area contributed by atoms with Crippen LogP contribution in [-0.4, -0.2) is 40.6 Å². The Bertz CT molecular complexity index is 584. The monoisotopic (exact) mass is 305 g/mol. The number of aryl methyl sites for hydroxylation is 2. The maximum atomic E-state index is 12.3. The predicted molar refractivity (Wildman–Crippen MR) is 83.0 cm³/mol. The van der Waals surface area contributed by atoms with Crippen molar-refractivity contribution in [3.05, 3.63) is 29.3 Å². The Hall–Kier alpha value is -2.04. The van der Waals surface area contributed by atoms with E-state index in [1.54, 1.807) is 6.92 Å². The zero-order valence-electron chi connectivity index (χ0n) is 13.4. The summed E-state index contributed by atoms with van der Waals surface area (Å²) in [5.74, 6) is -0.322. The van der Waals surface area contributed by atoms with E-state index >= 15 is 0 Å². The van der Waals surface area contributed by atoms with Gasteiger partial charge in [-0.3, -0.25) is 4.79 Å². The van der Waals surface area contributed by atoms with Crippen molar-refractivity contribution < 1.29 is 19.4 Å². The van der Waals surface area contributed by atoms with E-state index in [4.69, 9.17) is 4.74 Å². The summed E-state index contributed by atoms with van der Waals surface area (Å²) in [7, 11) is 0. The maximum absolute atomic E-state index is 12.3. The van der Waals surface area contributed by atoms with Crippen molar-refractivity contribution in [2.45, 2.75) is 45.6 Å². The van der Waals surface area contributed by atoms with E-state index in [9.17, 15) is 14.7 Å². The van der Waals surface area contributed by atoms with Crippen LogP contribution in [0.15, 0.2) is 18.2 Å². The first-order chi connectivity index (χ1) is 10.3. The van der Waals surface area contributed by atoms with Crippen molar-refractivity contribution in [2.75, 3.05) is 13.2 Å². The van der Waals surface area contributed by atoms with Gasteiger partial charge in [0.05, 0.1) is 13.0 Å². The molecule has 1 heterocycles. The molecule has 0 bridgehead atoms. The van der Waals surface area contributed by atoms with Crippen molar-refractivity contribution in [2.24, 2.45) is 0 Å². The molecule has 1 aliphatic rings. The van der Waals surface area contributed by atoms with Crippen molar-refractivity contribution in [3.8, 4) is 5.75 Å². The van der Waals surface area contributed by atoms with E-state index in [0.29, 0.717) is 13.0 Å². The lowest BCUT2D eigenvalue weighted by Gasteiger charge is -2.31. The number of likely N-dealkylation sites (tertiary alicyclic amines) is 1. The van der Waals surface area contributed by atoms with Crippen molar-refractivity contribution >= 4 is 11.9 Å². The SMILES string of the molecule is Cc1ccc(C)c(OCCC(=O)N2CCCC2(C)C(=O)O)c1. The normalized spacial score (nSPS) is 21.0. The van der Waals surface area contributed by atoms with Crippen LogP contribution >= 0.6 is 0 Å². The van der Waals surface area contributed by atoms with Gasteiger partial charge in [-0.05, 0) is 50.8 Å². The fraction of sp³-hybridized carbons (Fsp3) is 0.529. The van der Waals surface area contributed by atoms with Crippen LogP contribution in [0.4, 0.5) is 0 Å². The van der Waals surface area contributed by atoms with Gasteiger partial charge in [0.25, 0.3) is 0 Å². The van der Waals surface area contributed by atoms with E-state index in [0.717, 1.165) is 23.3 Å². The van der Waals surface area contributed by atoms with Crippen LogP contribution in [0.5, 0.6) is 5.75 Å². The summed E-state index contributed by atoms with van der Waals surface area (Å²) in [6, 6.07) is 5.93. The molecule has 1 fully saturated rings. The smallest absolute Gasteiger partial charge is 0.329 e. The van der Waals surface area contributed by atoms with E-state index in [1.807, 2.05) is 32.0 Å². The topological polar surface area (TPSA) is 66.8 Å². The molecule has 0 radical (unpaired) electrons. The fourth-order valence-corrected chi connectivity index (χ4v) is 2.83. The van der Waals surface area contributed by atoms with E-state index in [1.165, 1.54) is 4.90 Å². The number of ether oxygens (including phenoxy) is 1. The van der Waals surface area contributed by atoms with Crippen molar-refractivity contribution in [1.82, 2.24) is 4.90 Å². The second-order valence-corrected chi connectivity index (χ2v) is 6.10. The standard InChI is InChI=1S/C17H23NO4/c1-12-5-6-13(2)14(11-12)22-10-7-15(19)18-9-4-8-17(18,3)16(20)21/h5-6,11H,4,7-10H2,1-3H3,(H,20,21). The Labute approximate surface area is 130 Å². The molecule has 0 aliphatic carbocycles. The Morgan fingerprint density at radius 1 is 1.36 bits per heavy atom. The van der Waals surface area contributed by atoms with Crippen LogP contribution in [0.25, 0.3) is 0 Å². The molecular formula is C17H23NO4. The van der Waals surface area contributed by atoms with E-state index < -0.39 is 11.5 Å². The number of amides is 1. The predicted octanol–water partition coefficient (Wildman–Crippen LogP) is 2.54. The van der Waals surface area contributed by atoms with Crippen molar-refractivity contribution in [1.29, 1.82) is 0 Å². The lowest BCUT2D eigenvalue weighted by Crippen LogP contribution is -2.51. The Morgan fingerprint density at radius 2 is 2.09 bits per heavy atom. The summed E-state index contributed by atoms with van der Waals surface area (Å²) in [5, 5.41) is 9.34. The minimum Gasteiger partial charge on any atom is -0.493 e. The third kappa shape index (κ3) is 3.24. The number of benzene rings is 1. The summed E-state index contributed by atoms with van der Waals surface area (Å²) in [6.45, 7) is 6.32. The quantitative estimate of drug-likeness (QED) is 0.908. The summed E-state index contributed by atoms with van der Waals surface area (Å²) in [5.41, 5.74) is 1.05. The molecule has 1 N–H and O–H groups in total.